The largest absolute Gasteiger partial charge is 1.00 e. The molecule has 0 fully saturated rings. The number of fused-ring (bicyclic) bond motifs is 2. The molecule has 0 saturated carbocycles. The molecule has 0 spiro atoms. The van der Waals surface area contributed by atoms with Gasteiger partial charge in [0.15, 0.2) is 12.3 Å². The number of aliphatic hydroxyl groups excluding tert-OH is 1. The molecule has 45 heavy (non-hydrogen) atoms. The monoisotopic (exact) mass is 672 g/mol. The number of Topliss-reactive ketones (excluding diaryl/α,β-unsaturated/α-hetero) is 1. The second kappa shape index (κ2) is 12.5. The number of methoxy groups -OCH3 is 2. The normalized spacial score (nSPS) is 19.2. The number of carbonyl (C=O) groups excluding carboxylic acids is 1. The molecule has 2 heterocycles. The van der Waals surface area contributed by atoms with E-state index in [9.17, 15) is 9.90 Å². The fraction of sp³-hybridized carbons (Fsp3) is 0.368. The van der Waals surface area contributed by atoms with Crippen molar-refractivity contribution in [3.63, 3.8) is 0 Å². The number of hydrogen-bond donors (Lipinski definition) is 1. The molecule has 0 amide bonds. The minimum atomic E-state index is -0.381. The summed E-state index contributed by atoms with van der Waals surface area (Å²) in [5, 5.41) is 11.4. The Kier molecular flexibility index (Phi) is 9.46. The van der Waals surface area contributed by atoms with Gasteiger partial charge >= 0.3 is 0 Å². The van der Waals surface area contributed by atoms with Gasteiger partial charge in [-0.15, -0.1) is 0 Å². The Hall–Kier alpha value is -3.84. The van der Waals surface area contributed by atoms with E-state index in [0.29, 0.717) is 24.2 Å². The Balaban J connectivity index is 0.00000461. The van der Waals surface area contributed by atoms with Crippen molar-refractivity contribution in [1.29, 1.82) is 0 Å². The molecule has 0 bridgehead atoms. The third kappa shape index (κ3) is 5.83. The second-order valence-corrected chi connectivity index (χ2v) is 13.4. The molecule has 2 aliphatic heterocycles. The maximum Gasteiger partial charge on any atom is 0.213 e. The topological polar surface area (TPSA) is 62.0 Å². The molecular weight excluding hydrogens is 628 g/mol. The zero-order chi connectivity index (χ0) is 32.1. The van der Waals surface area contributed by atoms with Gasteiger partial charge in [0.05, 0.1) is 36.8 Å². The summed E-state index contributed by atoms with van der Waals surface area (Å²) in [4.78, 5) is 16.0. The molecular formula is C38H45BrN2O4. The van der Waals surface area contributed by atoms with E-state index in [1.165, 1.54) is 11.1 Å². The molecule has 3 aliphatic rings. The van der Waals surface area contributed by atoms with Crippen LogP contribution in [-0.2, 0) is 15.6 Å². The molecule has 0 unspecified atom stereocenters. The molecule has 238 valence electrons. The smallest absolute Gasteiger partial charge is 0.213 e. The molecule has 2 aromatic rings. The van der Waals surface area contributed by atoms with Crippen LogP contribution in [0.5, 0.6) is 11.5 Å². The number of ether oxygens (including phenoxy) is 2. The average Bonchev–Trinajstić information content (AvgIpc) is 3.32. The van der Waals surface area contributed by atoms with E-state index in [4.69, 9.17) is 9.47 Å². The van der Waals surface area contributed by atoms with E-state index in [0.717, 1.165) is 45.4 Å². The summed E-state index contributed by atoms with van der Waals surface area (Å²) in [6.45, 7) is 18.3. The number of carbonyl (C=O) groups is 1. The number of anilines is 1. The van der Waals surface area contributed by atoms with Gasteiger partial charge in [-0.1, -0.05) is 37.1 Å². The van der Waals surface area contributed by atoms with Crippen molar-refractivity contribution in [3.8, 4) is 11.5 Å². The predicted molar refractivity (Wildman–Crippen MR) is 179 cm³/mol. The minimum absolute atomic E-state index is 0. The molecule has 0 atom stereocenters. The van der Waals surface area contributed by atoms with Gasteiger partial charge in [-0.3, -0.25) is 4.79 Å². The van der Waals surface area contributed by atoms with Crippen LogP contribution in [0, 0.1) is 0 Å². The van der Waals surface area contributed by atoms with Crippen molar-refractivity contribution in [2.24, 2.45) is 0 Å². The molecule has 2 aromatic carbocycles. The molecule has 0 aromatic heterocycles. The van der Waals surface area contributed by atoms with Crippen LogP contribution in [0.25, 0.3) is 0 Å². The lowest BCUT2D eigenvalue weighted by molar-refractivity contribution is -0.425. The first kappa shape index (κ1) is 34.0. The number of ketones is 1. The quantitative estimate of drug-likeness (QED) is 0.243. The van der Waals surface area contributed by atoms with Gasteiger partial charge < -0.3 is 36.5 Å². The zero-order valence-electron chi connectivity index (χ0n) is 28.1. The summed E-state index contributed by atoms with van der Waals surface area (Å²) in [5.74, 6) is 1.44. The highest BCUT2D eigenvalue weighted by atomic mass is 79.9. The van der Waals surface area contributed by atoms with Gasteiger partial charge in [0, 0.05) is 41.1 Å². The van der Waals surface area contributed by atoms with E-state index < -0.39 is 0 Å². The van der Waals surface area contributed by atoms with Gasteiger partial charge in [-0.05, 0) is 77.5 Å². The lowest BCUT2D eigenvalue weighted by Crippen LogP contribution is -3.00. The third-order valence-electron chi connectivity index (χ3n) is 9.13. The highest BCUT2D eigenvalue weighted by Gasteiger charge is 2.47. The number of allylic oxidation sites excluding steroid dienone is 7. The Labute approximate surface area is 278 Å². The summed E-state index contributed by atoms with van der Waals surface area (Å²) in [5.41, 5.74) is 8.66. The van der Waals surface area contributed by atoms with Crippen molar-refractivity contribution in [2.75, 3.05) is 32.2 Å². The van der Waals surface area contributed by atoms with Crippen molar-refractivity contribution >= 4 is 22.9 Å². The number of benzene rings is 2. The lowest BCUT2D eigenvalue weighted by Gasteiger charge is -2.29. The predicted octanol–water partition coefficient (Wildman–Crippen LogP) is 5.02. The van der Waals surface area contributed by atoms with Gasteiger partial charge in [0.25, 0.3) is 0 Å². The van der Waals surface area contributed by atoms with Gasteiger partial charge in [-0.2, -0.15) is 4.58 Å². The van der Waals surface area contributed by atoms with E-state index >= 15 is 0 Å². The van der Waals surface area contributed by atoms with Crippen LogP contribution in [0.4, 0.5) is 11.4 Å². The van der Waals surface area contributed by atoms with Crippen molar-refractivity contribution in [3.05, 3.63) is 106 Å². The lowest BCUT2D eigenvalue weighted by atomic mass is 9.77. The van der Waals surface area contributed by atoms with E-state index in [-0.39, 0.29) is 39.4 Å². The van der Waals surface area contributed by atoms with Crippen LogP contribution < -0.4 is 31.4 Å². The van der Waals surface area contributed by atoms with Gasteiger partial charge in [-0.25, -0.2) is 0 Å². The number of halogens is 1. The zero-order valence-corrected chi connectivity index (χ0v) is 29.7. The molecule has 7 heteroatoms. The Morgan fingerprint density at radius 3 is 2.04 bits per heavy atom. The fourth-order valence-corrected chi connectivity index (χ4v) is 6.43. The molecule has 1 N–H and O–H groups in total. The van der Waals surface area contributed by atoms with Crippen LogP contribution >= 0.6 is 0 Å². The third-order valence-corrected chi connectivity index (χ3v) is 9.13. The maximum atomic E-state index is 13.8. The number of nitrogens with zero attached hydrogens (tertiary/aromatic N) is 2. The number of hydrogen-bond acceptors (Lipinski definition) is 5. The standard InChI is InChI=1S/C38H44N2O4.BrH/c1-23(2)15-17-39-31-19-25(43-9)11-13-29(31)37(5,6)33(39)21-27-35(41)28(36(27)42)22-34-38(7,8)30-14-12-26(44-10)20-32(30)40(34)18-16-24(3)4;/h11-16,19-22H,17-18H2,1-10H3;1H. The highest BCUT2D eigenvalue weighted by molar-refractivity contribution is 6.24. The van der Waals surface area contributed by atoms with Crippen molar-refractivity contribution < 1.29 is 40.9 Å². The summed E-state index contributed by atoms with van der Waals surface area (Å²) in [6, 6.07) is 12.2. The van der Waals surface area contributed by atoms with Gasteiger partial charge in [0.1, 0.15) is 17.3 Å². The first-order valence-corrected chi connectivity index (χ1v) is 15.2. The van der Waals surface area contributed by atoms with Gasteiger partial charge in [0.2, 0.25) is 11.5 Å². The van der Waals surface area contributed by atoms with E-state index in [1.54, 1.807) is 14.2 Å². The molecule has 0 radical (unpaired) electrons. The van der Waals surface area contributed by atoms with Crippen molar-refractivity contribution in [2.45, 2.75) is 66.2 Å². The Bertz CT molecular complexity index is 1740. The number of aliphatic hydroxyl groups is 1. The number of rotatable bonds is 8. The Morgan fingerprint density at radius 1 is 0.867 bits per heavy atom. The van der Waals surface area contributed by atoms with E-state index in [2.05, 4.69) is 89.2 Å². The fourth-order valence-electron chi connectivity index (χ4n) is 6.43. The van der Waals surface area contributed by atoms with Crippen LogP contribution in [0.15, 0.2) is 94.5 Å². The summed E-state index contributed by atoms with van der Waals surface area (Å²) < 4.78 is 13.3. The molecule has 5 rings (SSSR count). The highest BCUT2D eigenvalue weighted by Crippen LogP contribution is 2.50. The minimum Gasteiger partial charge on any atom is -1.00 e. The van der Waals surface area contributed by atoms with Crippen LogP contribution in [0.2, 0.25) is 0 Å². The summed E-state index contributed by atoms with van der Waals surface area (Å²) >= 11 is 0. The Morgan fingerprint density at radius 2 is 1.47 bits per heavy atom. The summed E-state index contributed by atoms with van der Waals surface area (Å²) in [6.07, 6.45) is 8.11. The first-order chi connectivity index (χ1) is 20.7. The average molecular weight is 674 g/mol. The first-order valence-electron chi connectivity index (χ1n) is 15.2. The van der Waals surface area contributed by atoms with E-state index in [1.807, 2.05) is 36.4 Å². The van der Waals surface area contributed by atoms with Crippen LogP contribution in [0.1, 0.15) is 66.5 Å². The maximum absolute atomic E-state index is 13.8. The SMILES string of the molecule is COc1ccc2c(c1)N(CC=C(C)C)/C(=C/C1=C(O)C(=C\C3=[N+](CC=C(C)C)c4cc(OC)ccc4C3(C)C)/C1=O)C2(C)C.[Br-]. The van der Waals surface area contributed by atoms with Crippen LogP contribution in [0.3, 0.4) is 0 Å². The molecule has 0 saturated heterocycles. The second-order valence-electron chi connectivity index (χ2n) is 13.4. The van der Waals surface area contributed by atoms with Crippen LogP contribution in [-0.4, -0.2) is 48.5 Å². The van der Waals surface area contributed by atoms with Crippen molar-refractivity contribution in [1.82, 2.24) is 0 Å². The summed E-state index contributed by atoms with van der Waals surface area (Å²) in [7, 11) is 3.34. The molecule has 1 aliphatic carbocycles. The molecule has 6 nitrogen and oxygen atoms in total.